The summed E-state index contributed by atoms with van der Waals surface area (Å²) in [5.41, 5.74) is 2.57. The van der Waals surface area contributed by atoms with Gasteiger partial charge in [0.2, 0.25) is 0 Å². The first-order valence-corrected chi connectivity index (χ1v) is 11.9. The number of halogens is 2. The van der Waals surface area contributed by atoms with Crippen molar-refractivity contribution in [2.75, 3.05) is 52.3 Å². The number of aromatic amines is 1. The third-order valence-corrected chi connectivity index (χ3v) is 6.54. The SMILES string of the molecule is COc1cc2c(=O)[nH]c(Cc3ccc(-c4cc(F)cc(F)c4)nc3)nc2c(N2CCN(C)CC2)c1OC. The Morgan fingerprint density at radius 2 is 1.73 bits per heavy atom. The number of methoxy groups -OCH3 is 2. The fourth-order valence-electron chi connectivity index (χ4n) is 4.62. The Morgan fingerprint density at radius 3 is 2.35 bits per heavy atom. The van der Waals surface area contributed by atoms with Crippen LogP contribution in [0.15, 0.2) is 47.4 Å². The number of hydrogen-bond donors (Lipinski definition) is 1. The number of nitrogens with one attached hydrogen (secondary N) is 1. The Morgan fingerprint density at radius 1 is 1.00 bits per heavy atom. The highest BCUT2D eigenvalue weighted by atomic mass is 19.1. The quantitative estimate of drug-likeness (QED) is 0.427. The second-order valence-electron chi connectivity index (χ2n) is 9.05. The van der Waals surface area contributed by atoms with Gasteiger partial charge in [-0.05, 0) is 36.9 Å². The molecule has 0 atom stereocenters. The fraction of sp³-hybridized carbons (Fsp3) is 0.296. The number of rotatable bonds is 6. The van der Waals surface area contributed by atoms with Crippen molar-refractivity contribution >= 4 is 16.6 Å². The zero-order valence-corrected chi connectivity index (χ0v) is 20.8. The number of ether oxygens (including phenoxy) is 2. The van der Waals surface area contributed by atoms with Gasteiger partial charge in [0, 0.05) is 50.4 Å². The topological polar surface area (TPSA) is 83.6 Å². The monoisotopic (exact) mass is 507 g/mol. The molecule has 0 amide bonds. The number of pyridine rings is 1. The second kappa shape index (κ2) is 10.1. The predicted molar refractivity (Wildman–Crippen MR) is 138 cm³/mol. The summed E-state index contributed by atoms with van der Waals surface area (Å²) in [5, 5.41) is 0.414. The second-order valence-corrected chi connectivity index (χ2v) is 9.05. The number of H-pyrrole nitrogens is 1. The molecular formula is C27H27F2N5O3. The largest absolute Gasteiger partial charge is 0.493 e. The molecule has 0 spiro atoms. The molecule has 10 heteroatoms. The van der Waals surface area contributed by atoms with E-state index in [-0.39, 0.29) is 5.56 Å². The Labute approximate surface area is 212 Å². The third kappa shape index (κ3) is 4.97. The molecule has 2 aromatic heterocycles. The molecule has 0 aliphatic carbocycles. The molecule has 0 saturated carbocycles. The summed E-state index contributed by atoms with van der Waals surface area (Å²) < 4.78 is 38.5. The first kappa shape index (κ1) is 24.6. The highest BCUT2D eigenvalue weighted by Gasteiger charge is 2.25. The van der Waals surface area contributed by atoms with Crippen molar-refractivity contribution in [2.45, 2.75) is 6.42 Å². The molecule has 0 unspecified atom stereocenters. The molecule has 1 aliphatic rings. The van der Waals surface area contributed by atoms with Gasteiger partial charge in [-0.2, -0.15) is 0 Å². The average molecular weight is 508 g/mol. The van der Waals surface area contributed by atoms with E-state index in [1.165, 1.54) is 12.1 Å². The first-order valence-electron chi connectivity index (χ1n) is 11.9. The maximum Gasteiger partial charge on any atom is 0.258 e. The van der Waals surface area contributed by atoms with Gasteiger partial charge in [0.15, 0.2) is 11.5 Å². The number of piperazine rings is 1. The standard InChI is InChI=1S/C27H27F2N5O3/c1-33-6-8-34(9-7-33)25-24-20(14-22(36-2)26(25)37-3)27(35)32-23(31-24)10-16-4-5-21(30-15-16)17-11-18(28)13-19(29)12-17/h4-5,11-15H,6-10H2,1-3H3,(H,31,32,35). The van der Waals surface area contributed by atoms with Crippen LogP contribution in [0.4, 0.5) is 14.5 Å². The van der Waals surface area contributed by atoms with Crippen LogP contribution in [0.2, 0.25) is 0 Å². The zero-order chi connectivity index (χ0) is 26.1. The Balaban J connectivity index is 1.53. The molecule has 8 nitrogen and oxygen atoms in total. The number of hydrogen-bond acceptors (Lipinski definition) is 7. The molecule has 1 fully saturated rings. The van der Waals surface area contributed by atoms with Gasteiger partial charge < -0.3 is 24.3 Å². The number of likely N-dealkylation sites (N-methyl/N-ethyl adjacent to an activating group) is 1. The van der Waals surface area contributed by atoms with Gasteiger partial charge in [-0.15, -0.1) is 0 Å². The maximum atomic E-state index is 13.6. The van der Waals surface area contributed by atoms with Gasteiger partial charge in [0.25, 0.3) is 5.56 Å². The Bertz CT molecular complexity index is 1480. The lowest BCUT2D eigenvalue weighted by molar-refractivity contribution is 0.309. The summed E-state index contributed by atoms with van der Waals surface area (Å²) in [6, 6.07) is 8.42. The lowest BCUT2D eigenvalue weighted by Crippen LogP contribution is -2.44. The summed E-state index contributed by atoms with van der Waals surface area (Å²) in [7, 11) is 5.20. The highest BCUT2D eigenvalue weighted by Crippen LogP contribution is 2.42. The molecule has 192 valence electrons. The molecule has 2 aromatic carbocycles. The van der Waals surface area contributed by atoms with Gasteiger partial charge in [-0.25, -0.2) is 13.8 Å². The minimum Gasteiger partial charge on any atom is -0.493 e. The van der Waals surface area contributed by atoms with Crippen molar-refractivity contribution in [1.82, 2.24) is 19.9 Å². The summed E-state index contributed by atoms with van der Waals surface area (Å²) >= 11 is 0. The van der Waals surface area contributed by atoms with E-state index in [0.29, 0.717) is 45.9 Å². The fourth-order valence-corrected chi connectivity index (χ4v) is 4.62. The number of aromatic nitrogens is 3. The average Bonchev–Trinajstić information content (AvgIpc) is 2.88. The van der Waals surface area contributed by atoms with Crippen LogP contribution >= 0.6 is 0 Å². The molecule has 1 N–H and O–H groups in total. The smallest absolute Gasteiger partial charge is 0.258 e. The van der Waals surface area contributed by atoms with E-state index in [2.05, 4.69) is 26.8 Å². The van der Waals surface area contributed by atoms with Gasteiger partial charge >= 0.3 is 0 Å². The van der Waals surface area contributed by atoms with E-state index in [4.69, 9.17) is 14.5 Å². The number of fused-ring (bicyclic) bond motifs is 1. The molecule has 1 saturated heterocycles. The lowest BCUT2D eigenvalue weighted by atomic mass is 10.1. The Kier molecular flexibility index (Phi) is 6.75. The molecule has 0 bridgehead atoms. The molecule has 4 aromatic rings. The van der Waals surface area contributed by atoms with Gasteiger partial charge in [-0.3, -0.25) is 9.78 Å². The number of nitrogens with zero attached hydrogens (tertiary/aromatic N) is 4. The van der Waals surface area contributed by atoms with Crippen LogP contribution in [0.3, 0.4) is 0 Å². The van der Waals surface area contributed by atoms with Crippen molar-refractivity contribution in [2.24, 2.45) is 0 Å². The minimum atomic E-state index is -0.665. The zero-order valence-electron chi connectivity index (χ0n) is 20.8. The van der Waals surface area contributed by atoms with E-state index in [9.17, 15) is 13.6 Å². The molecule has 37 heavy (non-hydrogen) atoms. The van der Waals surface area contributed by atoms with Crippen molar-refractivity contribution < 1.29 is 18.3 Å². The van der Waals surface area contributed by atoms with Gasteiger partial charge in [0.1, 0.15) is 28.7 Å². The summed E-state index contributed by atoms with van der Waals surface area (Å²) in [4.78, 5) is 29.6. The van der Waals surface area contributed by atoms with Crippen molar-refractivity contribution in [3.63, 3.8) is 0 Å². The van der Waals surface area contributed by atoms with Crippen LogP contribution in [-0.2, 0) is 6.42 Å². The van der Waals surface area contributed by atoms with Crippen molar-refractivity contribution in [1.29, 1.82) is 0 Å². The molecule has 3 heterocycles. The van der Waals surface area contributed by atoms with Crippen molar-refractivity contribution in [3.05, 3.63) is 76.0 Å². The Hall–Kier alpha value is -4.05. The molecule has 0 radical (unpaired) electrons. The molecule has 5 rings (SSSR count). The van der Waals surface area contributed by atoms with Crippen LogP contribution in [0.1, 0.15) is 11.4 Å². The van der Waals surface area contributed by atoms with Crippen LogP contribution < -0.4 is 19.9 Å². The number of benzene rings is 2. The van der Waals surface area contributed by atoms with Crippen LogP contribution in [0.25, 0.3) is 22.2 Å². The molecular weight excluding hydrogens is 480 g/mol. The van der Waals surface area contributed by atoms with Gasteiger partial charge in [0.05, 0.1) is 25.3 Å². The van der Waals surface area contributed by atoms with Crippen molar-refractivity contribution in [3.8, 4) is 22.8 Å². The van der Waals surface area contributed by atoms with E-state index in [1.807, 2.05) is 0 Å². The van der Waals surface area contributed by atoms with Gasteiger partial charge in [-0.1, -0.05) is 6.07 Å². The maximum absolute atomic E-state index is 13.6. The highest BCUT2D eigenvalue weighted by molar-refractivity contribution is 5.96. The summed E-state index contributed by atoms with van der Waals surface area (Å²) in [5.74, 6) is 0.144. The van der Waals surface area contributed by atoms with E-state index in [0.717, 1.165) is 43.5 Å². The normalized spacial score (nSPS) is 14.2. The third-order valence-electron chi connectivity index (χ3n) is 6.54. The number of anilines is 1. The molecule has 1 aliphatic heterocycles. The van der Waals surface area contributed by atoms with Crippen LogP contribution in [-0.4, -0.2) is 67.3 Å². The summed E-state index contributed by atoms with van der Waals surface area (Å²) in [6.07, 6.45) is 1.92. The van der Waals surface area contributed by atoms with E-state index < -0.39 is 11.6 Å². The minimum absolute atomic E-state index is 0.281. The van der Waals surface area contributed by atoms with Crippen LogP contribution in [0.5, 0.6) is 11.5 Å². The van der Waals surface area contributed by atoms with E-state index in [1.54, 1.807) is 38.6 Å². The first-order chi connectivity index (χ1) is 17.9. The lowest BCUT2D eigenvalue weighted by Gasteiger charge is -2.35. The van der Waals surface area contributed by atoms with E-state index >= 15 is 0 Å². The summed E-state index contributed by atoms with van der Waals surface area (Å²) in [6.45, 7) is 3.24. The van der Waals surface area contributed by atoms with Crippen LogP contribution in [0, 0.1) is 11.6 Å². The predicted octanol–water partition coefficient (Wildman–Crippen LogP) is 3.62.